The molecule has 0 aliphatic carbocycles. The first-order valence-corrected chi connectivity index (χ1v) is 7.49. The van der Waals surface area contributed by atoms with Crippen LogP contribution < -0.4 is 0 Å². The van der Waals surface area contributed by atoms with Crippen molar-refractivity contribution in [2.45, 2.75) is 38.4 Å². The summed E-state index contributed by atoms with van der Waals surface area (Å²) < 4.78 is 12.2. The average molecular weight is 327 g/mol. The normalized spacial score (nSPS) is 21.1. The standard InChI is InChI=1S/C15H19BrO3/c1-11(19-10-14-4-2-3-9-18-14)15(17)12-5-7-13(16)8-6-12/h5-8,11,14H,2-4,9-10H2,1H3. The Balaban J connectivity index is 1.83. The Kier molecular flexibility index (Phi) is 5.55. The molecule has 0 amide bonds. The van der Waals surface area contributed by atoms with E-state index in [1.807, 2.05) is 24.3 Å². The van der Waals surface area contributed by atoms with E-state index < -0.39 is 6.10 Å². The van der Waals surface area contributed by atoms with E-state index in [0.29, 0.717) is 12.2 Å². The van der Waals surface area contributed by atoms with Gasteiger partial charge in [-0.05, 0) is 38.3 Å². The van der Waals surface area contributed by atoms with Crippen molar-refractivity contribution in [3.05, 3.63) is 34.3 Å². The number of rotatable bonds is 5. The molecular formula is C15H19BrO3. The van der Waals surface area contributed by atoms with E-state index in [-0.39, 0.29) is 11.9 Å². The van der Waals surface area contributed by atoms with Gasteiger partial charge in [-0.1, -0.05) is 28.1 Å². The highest BCUT2D eigenvalue weighted by Gasteiger charge is 2.19. The first-order valence-electron chi connectivity index (χ1n) is 6.70. The lowest BCUT2D eigenvalue weighted by molar-refractivity contribution is -0.0526. The van der Waals surface area contributed by atoms with Crippen molar-refractivity contribution < 1.29 is 14.3 Å². The van der Waals surface area contributed by atoms with E-state index in [4.69, 9.17) is 9.47 Å². The zero-order chi connectivity index (χ0) is 13.7. The summed E-state index contributed by atoms with van der Waals surface area (Å²) >= 11 is 3.36. The largest absolute Gasteiger partial charge is 0.376 e. The number of Topliss-reactive ketones (excluding diaryl/α,β-unsaturated/α-hetero) is 1. The summed E-state index contributed by atoms with van der Waals surface area (Å²) in [5.41, 5.74) is 0.681. The minimum absolute atomic E-state index is 0.0170. The zero-order valence-electron chi connectivity index (χ0n) is 11.1. The van der Waals surface area contributed by atoms with Gasteiger partial charge in [0.15, 0.2) is 5.78 Å². The van der Waals surface area contributed by atoms with Gasteiger partial charge in [-0.3, -0.25) is 4.79 Å². The number of carbonyl (C=O) groups excluding carboxylic acids is 1. The average Bonchev–Trinajstić information content (AvgIpc) is 2.46. The highest BCUT2D eigenvalue weighted by molar-refractivity contribution is 9.10. The van der Waals surface area contributed by atoms with Gasteiger partial charge < -0.3 is 9.47 Å². The summed E-state index contributed by atoms with van der Waals surface area (Å²) in [6, 6.07) is 7.35. The van der Waals surface area contributed by atoms with Gasteiger partial charge >= 0.3 is 0 Å². The van der Waals surface area contributed by atoms with E-state index in [2.05, 4.69) is 15.9 Å². The van der Waals surface area contributed by atoms with E-state index in [9.17, 15) is 4.79 Å². The minimum Gasteiger partial charge on any atom is -0.376 e. The Morgan fingerprint density at radius 1 is 1.42 bits per heavy atom. The van der Waals surface area contributed by atoms with Crippen LogP contribution in [0.1, 0.15) is 36.5 Å². The molecule has 0 bridgehead atoms. The van der Waals surface area contributed by atoms with Crippen LogP contribution in [0.5, 0.6) is 0 Å². The number of halogens is 1. The molecule has 0 saturated carbocycles. The summed E-state index contributed by atoms with van der Waals surface area (Å²) in [7, 11) is 0. The fourth-order valence-corrected chi connectivity index (χ4v) is 2.38. The van der Waals surface area contributed by atoms with Gasteiger partial charge in [-0.2, -0.15) is 0 Å². The first kappa shape index (κ1) is 14.7. The second-order valence-electron chi connectivity index (χ2n) is 4.84. The molecule has 2 rings (SSSR count). The molecule has 1 aliphatic rings. The van der Waals surface area contributed by atoms with Crippen LogP contribution in [-0.4, -0.2) is 31.2 Å². The number of ketones is 1. The molecule has 19 heavy (non-hydrogen) atoms. The summed E-state index contributed by atoms with van der Waals surface area (Å²) in [5.74, 6) is 0.0170. The molecule has 1 aliphatic heterocycles. The third-order valence-corrected chi connectivity index (χ3v) is 3.83. The van der Waals surface area contributed by atoms with Crippen LogP contribution in [0.25, 0.3) is 0 Å². The van der Waals surface area contributed by atoms with Gasteiger partial charge in [-0.25, -0.2) is 0 Å². The number of carbonyl (C=O) groups is 1. The number of benzene rings is 1. The van der Waals surface area contributed by atoms with Crippen molar-refractivity contribution >= 4 is 21.7 Å². The summed E-state index contributed by atoms with van der Waals surface area (Å²) in [6.07, 6.45) is 3.06. The number of hydrogen-bond acceptors (Lipinski definition) is 3. The van der Waals surface area contributed by atoms with Crippen molar-refractivity contribution in [3.63, 3.8) is 0 Å². The van der Waals surface area contributed by atoms with E-state index in [1.54, 1.807) is 6.92 Å². The Morgan fingerprint density at radius 2 is 2.16 bits per heavy atom. The van der Waals surface area contributed by atoms with Gasteiger partial charge in [0, 0.05) is 16.6 Å². The minimum atomic E-state index is -0.424. The smallest absolute Gasteiger partial charge is 0.191 e. The molecular weight excluding hydrogens is 308 g/mol. The van der Waals surface area contributed by atoms with Crippen LogP contribution >= 0.6 is 15.9 Å². The molecule has 3 nitrogen and oxygen atoms in total. The Morgan fingerprint density at radius 3 is 2.79 bits per heavy atom. The number of hydrogen-bond donors (Lipinski definition) is 0. The maximum atomic E-state index is 12.1. The zero-order valence-corrected chi connectivity index (χ0v) is 12.7. The molecule has 2 atom stereocenters. The van der Waals surface area contributed by atoms with Gasteiger partial charge in [0.25, 0.3) is 0 Å². The van der Waals surface area contributed by atoms with Crippen LogP contribution in [0.3, 0.4) is 0 Å². The quantitative estimate of drug-likeness (QED) is 0.775. The second kappa shape index (κ2) is 7.17. The molecule has 1 heterocycles. The van der Waals surface area contributed by atoms with Crippen LogP contribution in [0.2, 0.25) is 0 Å². The van der Waals surface area contributed by atoms with Crippen molar-refractivity contribution in [1.82, 2.24) is 0 Å². The summed E-state index contributed by atoms with van der Waals surface area (Å²) in [6.45, 7) is 3.11. The highest BCUT2D eigenvalue weighted by atomic mass is 79.9. The van der Waals surface area contributed by atoms with Gasteiger partial charge in [0.05, 0.1) is 12.7 Å². The molecule has 1 aromatic rings. The van der Waals surface area contributed by atoms with Crippen LogP contribution in [0.4, 0.5) is 0 Å². The second-order valence-corrected chi connectivity index (χ2v) is 5.75. The van der Waals surface area contributed by atoms with Crippen LogP contribution in [-0.2, 0) is 9.47 Å². The lowest BCUT2D eigenvalue weighted by atomic mass is 10.1. The van der Waals surface area contributed by atoms with Crippen molar-refractivity contribution in [1.29, 1.82) is 0 Å². The van der Waals surface area contributed by atoms with Crippen LogP contribution in [0.15, 0.2) is 28.7 Å². The van der Waals surface area contributed by atoms with Gasteiger partial charge in [-0.15, -0.1) is 0 Å². The molecule has 104 valence electrons. The predicted octanol–water partition coefficient (Wildman–Crippen LogP) is 3.61. The molecule has 1 fully saturated rings. The first-order chi connectivity index (χ1) is 9.16. The molecule has 4 heteroatoms. The fraction of sp³-hybridized carbons (Fsp3) is 0.533. The third kappa shape index (κ3) is 4.41. The SMILES string of the molecule is CC(OCC1CCCCO1)C(=O)c1ccc(Br)cc1. The Labute approximate surface area is 122 Å². The summed E-state index contributed by atoms with van der Waals surface area (Å²) in [4.78, 5) is 12.1. The lowest BCUT2D eigenvalue weighted by Crippen LogP contribution is -2.29. The lowest BCUT2D eigenvalue weighted by Gasteiger charge is -2.23. The molecule has 0 radical (unpaired) electrons. The Bertz CT molecular complexity index is 410. The van der Waals surface area contributed by atoms with Gasteiger partial charge in [0.1, 0.15) is 6.10 Å². The number of ether oxygens (including phenoxy) is 2. The molecule has 0 aromatic heterocycles. The van der Waals surface area contributed by atoms with Crippen LogP contribution in [0, 0.1) is 0 Å². The van der Waals surface area contributed by atoms with Gasteiger partial charge in [0.2, 0.25) is 0 Å². The maximum Gasteiger partial charge on any atom is 0.191 e. The van der Waals surface area contributed by atoms with E-state index in [0.717, 1.165) is 23.9 Å². The Hall–Kier alpha value is -0.710. The van der Waals surface area contributed by atoms with Crippen molar-refractivity contribution in [2.75, 3.05) is 13.2 Å². The molecule has 1 saturated heterocycles. The third-order valence-electron chi connectivity index (χ3n) is 3.30. The van der Waals surface area contributed by atoms with Crippen molar-refractivity contribution in [2.24, 2.45) is 0 Å². The molecule has 0 spiro atoms. The topological polar surface area (TPSA) is 35.5 Å². The van der Waals surface area contributed by atoms with Crippen molar-refractivity contribution in [3.8, 4) is 0 Å². The monoisotopic (exact) mass is 326 g/mol. The highest BCUT2D eigenvalue weighted by Crippen LogP contribution is 2.16. The molecule has 1 aromatic carbocycles. The summed E-state index contributed by atoms with van der Waals surface area (Å²) in [5, 5.41) is 0. The predicted molar refractivity (Wildman–Crippen MR) is 77.5 cm³/mol. The maximum absolute atomic E-state index is 12.1. The van der Waals surface area contributed by atoms with E-state index >= 15 is 0 Å². The molecule has 0 N–H and O–H groups in total. The molecule has 2 unspecified atom stereocenters. The van der Waals surface area contributed by atoms with E-state index in [1.165, 1.54) is 6.42 Å². The fourth-order valence-electron chi connectivity index (χ4n) is 2.12.